The predicted molar refractivity (Wildman–Crippen MR) is 106 cm³/mol. The Morgan fingerprint density at radius 3 is 2.14 bits per heavy atom. The van der Waals surface area contributed by atoms with Crippen LogP contribution in [0.25, 0.3) is 0 Å². The van der Waals surface area contributed by atoms with Crippen LogP contribution in [0, 0.1) is 29.9 Å². The lowest BCUT2D eigenvalue weighted by Gasteiger charge is -2.31. The van der Waals surface area contributed by atoms with Crippen molar-refractivity contribution in [3.05, 3.63) is 69.3 Å². The van der Waals surface area contributed by atoms with Gasteiger partial charge in [-0.2, -0.15) is 0 Å². The Kier molecular flexibility index (Phi) is 5.73. The monoisotopic (exact) mass is 381 g/mol. The molecule has 0 bridgehead atoms. The summed E-state index contributed by atoms with van der Waals surface area (Å²) < 4.78 is 0. The molecule has 7 nitrogen and oxygen atoms in total. The molecule has 146 valence electrons. The first-order valence-corrected chi connectivity index (χ1v) is 9.26. The molecule has 2 amide bonds. The fraction of sp³-hybridized carbons (Fsp3) is 0.333. The summed E-state index contributed by atoms with van der Waals surface area (Å²) >= 11 is 0. The summed E-state index contributed by atoms with van der Waals surface area (Å²) in [7, 11) is 0. The van der Waals surface area contributed by atoms with Gasteiger partial charge in [0, 0.05) is 42.4 Å². The molecule has 0 saturated carbocycles. The van der Waals surface area contributed by atoms with E-state index in [2.05, 4.69) is 11.4 Å². The number of amides is 2. The Morgan fingerprint density at radius 2 is 1.61 bits per heavy atom. The van der Waals surface area contributed by atoms with Crippen LogP contribution in [0.5, 0.6) is 0 Å². The molecule has 1 N–H and O–H groups in total. The van der Waals surface area contributed by atoms with Crippen LogP contribution in [0.15, 0.2) is 42.5 Å². The molecule has 1 saturated heterocycles. The van der Waals surface area contributed by atoms with Crippen LogP contribution in [-0.4, -0.2) is 34.7 Å². The molecule has 0 aliphatic carbocycles. The molecule has 0 atom stereocenters. The van der Waals surface area contributed by atoms with Gasteiger partial charge in [0.2, 0.25) is 5.91 Å². The summed E-state index contributed by atoms with van der Waals surface area (Å²) in [6.45, 7) is 4.96. The van der Waals surface area contributed by atoms with Crippen LogP contribution in [0.2, 0.25) is 0 Å². The SMILES string of the molecule is Cc1cc(C)cc(NC(=O)C2CCN(C(=O)c3ccc([N+](=O)[O-])cc3)CC2)c1. The van der Waals surface area contributed by atoms with Crippen LogP contribution in [0.1, 0.15) is 34.3 Å². The van der Waals surface area contributed by atoms with E-state index in [1.165, 1.54) is 24.3 Å². The highest BCUT2D eigenvalue weighted by Crippen LogP contribution is 2.22. The number of likely N-dealkylation sites (tertiary alicyclic amines) is 1. The topological polar surface area (TPSA) is 92.6 Å². The minimum Gasteiger partial charge on any atom is -0.339 e. The second-order valence-corrected chi connectivity index (χ2v) is 7.24. The average Bonchev–Trinajstić information content (AvgIpc) is 2.66. The summed E-state index contributed by atoms with van der Waals surface area (Å²) in [4.78, 5) is 37.1. The first kappa shape index (κ1) is 19.5. The van der Waals surface area contributed by atoms with Crippen molar-refractivity contribution in [3.8, 4) is 0 Å². The van der Waals surface area contributed by atoms with Gasteiger partial charge in [-0.3, -0.25) is 19.7 Å². The highest BCUT2D eigenvalue weighted by molar-refractivity contribution is 5.95. The van der Waals surface area contributed by atoms with Gasteiger partial charge in [0.25, 0.3) is 11.6 Å². The summed E-state index contributed by atoms with van der Waals surface area (Å²) in [5.74, 6) is -0.322. The number of nitro benzene ring substituents is 1. The Bertz CT molecular complexity index is 880. The van der Waals surface area contributed by atoms with Gasteiger partial charge in [-0.25, -0.2) is 0 Å². The molecule has 0 unspecified atom stereocenters. The van der Waals surface area contributed by atoms with Gasteiger partial charge in [0.1, 0.15) is 0 Å². The van der Waals surface area contributed by atoms with E-state index in [0.717, 1.165) is 16.8 Å². The van der Waals surface area contributed by atoms with Crippen LogP contribution < -0.4 is 5.32 Å². The zero-order chi connectivity index (χ0) is 20.3. The van der Waals surface area contributed by atoms with Crippen LogP contribution in [0.4, 0.5) is 11.4 Å². The third-order valence-electron chi connectivity index (χ3n) is 4.97. The highest BCUT2D eigenvalue weighted by Gasteiger charge is 2.28. The van der Waals surface area contributed by atoms with E-state index in [4.69, 9.17) is 0 Å². The van der Waals surface area contributed by atoms with Crippen LogP contribution in [0.3, 0.4) is 0 Å². The van der Waals surface area contributed by atoms with Crippen molar-refractivity contribution in [1.29, 1.82) is 0 Å². The van der Waals surface area contributed by atoms with Crippen molar-refractivity contribution in [2.45, 2.75) is 26.7 Å². The number of carbonyl (C=O) groups excluding carboxylic acids is 2. The molecule has 1 fully saturated rings. The number of hydrogen-bond acceptors (Lipinski definition) is 4. The molecule has 3 rings (SSSR count). The number of nitrogens with one attached hydrogen (secondary N) is 1. The van der Waals surface area contributed by atoms with Gasteiger partial charge in [0.15, 0.2) is 0 Å². The van der Waals surface area contributed by atoms with Gasteiger partial charge in [-0.1, -0.05) is 6.07 Å². The molecule has 1 aliphatic rings. The maximum atomic E-state index is 12.6. The molecule has 28 heavy (non-hydrogen) atoms. The quantitative estimate of drug-likeness (QED) is 0.645. The van der Waals surface area contributed by atoms with Crippen LogP contribution >= 0.6 is 0 Å². The Labute approximate surface area is 163 Å². The lowest BCUT2D eigenvalue weighted by Crippen LogP contribution is -2.41. The van der Waals surface area contributed by atoms with E-state index in [9.17, 15) is 19.7 Å². The minimum absolute atomic E-state index is 0.0209. The molecule has 1 heterocycles. The van der Waals surface area contributed by atoms with E-state index in [1.807, 2.05) is 26.0 Å². The lowest BCUT2D eigenvalue weighted by molar-refractivity contribution is -0.384. The van der Waals surface area contributed by atoms with Gasteiger partial charge in [0.05, 0.1) is 4.92 Å². The fourth-order valence-electron chi connectivity index (χ4n) is 3.54. The Morgan fingerprint density at radius 1 is 1.04 bits per heavy atom. The summed E-state index contributed by atoms with van der Waals surface area (Å²) in [5.41, 5.74) is 3.37. The van der Waals surface area contributed by atoms with Crippen molar-refractivity contribution >= 4 is 23.2 Å². The number of aryl methyl sites for hydroxylation is 2. The number of anilines is 1. The highest BCUT2D eigenvalue weighted by atomic mass is 16.6. The maximum absolute atomic E-state index is 12.6. The summed E-state index contributed by atoms with van der Waals surface area (Å²) in [6, 6.07) is 11.5. The van der Waals surface area contributed by atoms with E-state index < -0.39 is 4.92 Å². The average molecular weight is 381 g/mol. The molecule has 1 aliphatic heterocycles. The molecular weight excluding hydrogens is 358 g/mol. The number of hydrogen-bond donors (Lipinski definition) is 1. The summed E-state index contributed by atoms with van der Waals surface area (Å²) in [5, 5.41) is 13.7. The lowest BCUT2D eigenvalue weighted by atomic mass is 9.95. The Balaban J connectivity index is 1.56. The number of carbonyl (C=O) groups is 2. The van der Waals surface area contributed by atoms with Gasteiger partial charge in [-0.15, -0.1) is 0 Å². The normalized spacial score (nSPS) is 14.6. The molecule has 2 aromatic rings. The number of rotatable bonds is 4. The second-order valence-electron chi connectivity index (χ2n) is 7.24. The number of benzene rings is 2. The minimum atomic E-state index is -0.492. The number of non-ortho nitro benzene ring substituents is 1. The zero-order valence-corrected chi connectivity index (χ0v) is 16.0. The van der Waals surface area contributed by atoms with Crippen LogP contribution in [-0.2, 0) is 4.79 Å². The van der Waals surface area contributed by atoms with Gasteiger partial charge < -0.3 is 10.2 Å². The fourth-order valence-corrected chi connectivity index (χ4v) is 3.54. The molecule has 0 spiro atoms. The largest absolute Gasteiger partial charge is 0.339 e. The van der Waals surface area contributed by atoms with Crippen molar-refractivity contribution in [3.63, 3.8) is 0 Å². The zero-order valence-electron chi connectivity index (χ0n) is 16.0. The second kappa shape index (κ2) is 8.21. The standard InChI is InChI=1S/C21H23N3O4/c1-14-11-15(2)13-18(12-14)22-20(25)16-7-9-23(10-8-16)21(26)17-3-5-19(6-4-17)24(27)28/h3-6,11-13,16H,7-10H2,1-2H3,(H,22,25). The number of piperidine rings is 1. The Hall–Kier alpha value is -3.22. The van der Waals surface area contributed by atoms with E-state index in [-0.39, 0.29) is 23.4 Å². The van der Waals surface area contributed by atoms with Crippen molar-refractivity contribution < 1.29 is 14.5 Å². The van der Waals surface area contributed by atoms with E-state index in [1.54, 1.807) is 4.90 Å². The van der Waals surface area contributed by atoms with E-state index in [0.29, 0.717) is 31.5 Å². The van der Waals surface area contributed by atoms with Gasteiger partial charge in [-0.05, 0) is 62.1 Å². The third-order valence-corrected chi connectivity index (χ3v) is 4.97. The maximum Gasteiger partial charge on any atom is 0.269 e. The molecular formula is C21H23N3O4. The van der Waals surface area contributed by atoms with Gasteiger partial charge >= 0.3 is 0 Å². The molecule has 0 aromatic heterocycles. The van der Waals surface area contributed by atoms with Crippen molar-refractivity contribution in [1.82, 2.24) is 4.90 Å². The molecule has 2 aromatic carbocycles. The number of nitrogens with zero attached hydrogens (tertiary/aromatic N) is 2. The van der Waals surface area contributed by atoms with E-state index >= 15 is 0 Å². The first-order chi connectivity index (χ1) is 13.3. The van der Waals surface area contributed by atoms with Crippen molar-refractivity contribution in [2.75, 3.05) is 18.4 Å². The first-order valence-electron chi connectivity index (χ1n) is 9.26. The third kappa shape index (κ3) is 4.54. The molecule has 7 heteroatoms. The summed E-state index contributed by atoms with van der Waals surface area (Å²) in [6.07, 6.45) is 1.19. The molecule has 0 radical (unpaired) electrons. The predicted octanol–water partition coefficient (Wildman–Crippen LogP) is 3.70. The smallest absolute Gasteiger partial charge is 0.269 e. The number of nitro groups is 1. The van der Waals surface area contributed by atoms with Crippen molar-refractivity contribution in [2.24, 2.45) is 5.92 Å².